The molecule has 1 saturated carbocycles. The topological polar surface area (TPSA) is 205 Å². The fourth-order valence-corrected chi connectivity index (χ4v) is 10.8. The van der Waals surface area contributed by atoms with Gasteiger partial charge in [-0.1, -0.05) is 76.6 Å². The Morgan fingerprint density at radius 3 is 2.35 bits per heavy atom. The Hall–Kier alpha value is -4.05. The Kier molecular flexibility index (Phi) is 20.3. The van der Waals surface area contributed by atoms with Crippen LogP contribution in [-0.2, 0) is 42.9 Å². The van der Waals surface area contributed by atoms with Gasteiger partial charge >= 0.3 is 5.97 Å². The second-order valence-electron chi connectivity index (χ2n) is 20.5. The van der Waals surface area contributed by atoms with Crippen LogP contribution in [0.2, 0.25) is 0 Å². The number of methoxy groups -OCH3 is 2. The molecular formula is C54H80N2O12. The number of aliphatic hydroxyl groups excluding tert-OH is 1. The van der Waals surface area contributed by atoms with Crippen molar-refractivity contribution >= 4 is 29.2 Å². The van der Waals surface area contributed by atoms with Crippen LogP contribution in [0.1, 0.15) is 137 Å². The number of hydrogen-bond donors (Lipinski definition) is 3. The van der Waals surface area contributed by atoms with Gasteiger partial charge in [-0.2, -0.15) is 0 Å². The minimum Gasteiger partial charge on any atom is -0.469 e. The first-order valence-corrected chi connectivity index (χ1v) is 25.0. The van der Waals surface area contributed by atoms with E-state index in [4.69, 9.17) is 29.1 Å². The third-order valence-corrected chi connectivity index (χ3v) is 15.2. The Bertz CT molecular complexity index is 1990. The molecule has 68 heavy (non-hydrogen) atoms. The molecule has 2 saturated heterocycles. The molecule has 4 N–H and O–H groups in total. The van der Waals surface area contributed by atoms with E-state index in [0.717, 1.165) is 24.8 Å². The maximum Gasteiger partial charge on any atom is 0.329 e. The maximum absolute atomic E-state index is 14.5. The van der Waals surface area contributed by atoms with Crippen molar-refractivity contribution in [3.05, 3.63) is 71.8 Å². The summed E-state index contributed by atoms with van der Waals surface area (Å²) in [5.74, 6) is -7.38. The molecule has 1 unspecified atom stereocenters. The number of cyclic esters (lactones) is 1. The molecule has 1 amide bonds. The van der Waals surface area contributed by atoms with Crippen molar-refractivity contribution in [2.45, 2.75) is 180 Å². The number of hydrogen-bond acceptors (Lipinski definition) is 13. The molecule has 0 radical (unpaired) electrons. The number of fused-ring (bicyclic) bond motifs is 3. The van der Waals surface area contributed by atoms with Gasteiger partial charge in [0, 0.05) is 56.9 Å². The molecule has 0 spiro atoms. The lowest BCUT2D eigenvalue weighted by Crippen LogP contribution is -2.60. The average Bonchev–Trinajstić information content (AvgIpc) is 3.86. The van der Waals surface area contributed by atoms with Crippen molar-refractivity contribution < 1.29 is 57.6 Å². The first-order chi connectivity index (χ1) is 32.3. The Balaban J connectivity index is 1.49. The summed E-state index contributed by atoms with van der Waals surface area (Å²) in [4.78, 5) is 72.4. The minimum absolute atomic E-state index is 0.0148. The summed E-state index contributed by atoms with van der Waals surface area (Å²) < 4.78 is 29.8. The lowest BCUT2D eigenvalue weighted by molar-refractivity contribution is -0.264. The summed E-state index contributed by atoms with van der Waals surface area (Å²) in [6, 6.07) is 2.45. The van der Waals surface area contributed by atoms with Crippen molar-refractivity contribution in [1.29, 1.82) is 0 Å². The molecule has 14 heteroatoms. The smallest absolute Gasteiger partial charge is 0.329 e. The molecule has 14 nitrogen and oxygen atoms in total. The van der Waals surface area contributed by atoms with Crippen LogP contribution in [0.15, 0.2) is 70.4 Å². The molecule has 3 aliphatic heterocycles. The molecule has 3 fully saturated rings. The first kappa shape index (κ1) is 54.9. The van der Waals surface area contributed by atoms with Crippen molar-refractivity contribution in [3.8, 4) is 0 Å². The van der Waals surface area contributed by atoms with E-state index < -0.39 is 71.7 Å². The molecule has 1 aromatic rings. The SMILES string of the molecule is CO[C@@H]1C[C@H](C[C@@H](C)[C@@H]2CC(=O)[C@H](C)/C=C(\C)[C@@H](O)[C@@H](OC)C(=O)[C@H](C)C[C@H](C)/C=C/C=C/C=C(\C)C(c3ccco3)C[C@@H]3CC[C@@H](C)[C@@](O)(O3)C(=O)C(=O)N3CCCC[C@H]3C(=O)O2)CC[C@@H]1N. The summed E-state index contributed by atoms with van der Waals surface area (Å²) in [5.41, 5.74) is 7.69. The number of nitrogens with two attached hydrogens (primary N) is 1. The number of carbonyl (C=O) groups excluding carboxylic acids is 5. The average molecular weight is 949 g/mol. The van der Waals surface area contributed by atoms with E-state index in [1.54, 1.807) is 46.3 Å². The number of nitrogens with zero attached hydrogens (tertiary/aromatic N) is 1. The monoisotopic (exact) mass is 949 g/mol. The van der Waals surface area contributed by atoms with Crippen LogP contribution in [0.5, 0.6) is 0 Å². The lowest BCUT2D eigenvalue weighted by Gasteiger charge is -2.42. The van der Waals surface area contributed by atoms with Gasteiger partial charge in [0.05, 0.1) is 18.5 Å². The molecule has 0 aromatic carbocycles. The molecule has 1 aromatic heterocycles. The quantitative estimate of drug-likeness (QED) is 0.144. The first-order valence-electron chi connectivity index (χ1n) is 25.0. The van der Waals surface area contributed by atoms with Crippen molar-refractivity contribution in [3.63, 3.8) is 0 Å². The molecule has 1 aliphatic carbocycles. The fraction of sp³-hybridized carbons (Fsp3) is 0.685. The number of rotatable bonds is 6. The van der Waals surface area contributed by atoms with Crippen LogP contribution in [0.25, 0.3) is 0 Å². The number of esters is 1. The summed E-state index contributed by atoms with van der Waals surface area (Å²) in [7, 11) is 3.03. The van der Waals surface area contributed by atoms with Gasteiger partial charge in [-0.05, 0) is 120 Å². The predicted molar refractivity (Wildman–Crippen MR) is 258 cm³/mol. The number of ketones is 3. The van der Waals surface area contributed by atoms with Crippen LogP contribution >= 0.6 is 0 Å². The number of piperidine rings is 1. The Morgan fingerprint density at radius 2 is 1.66 bits per heavy atom. The van der Waals surface area contributed by atoms with E-state index in [1.165, 1.54) is 12.0 Å². The Morgan fingerprint density at radius 1 is 0.912 bits per heavy atom. The van der Waals surface area contributed by atoms with Gasteiger partial charge < -0.3 is 44.2 Å². The van der Waals surface area contributed by atoms with E-state index in [1.807, 2.05) is 64.1 Å². The van der Waals surface area contributed by atoms with Crippen molar-refractivity contribution in [2.75, 3.05) is 20.8 Å². The van der Waals surface area contributed by atoms with E-state index in [0.29, 0.717) is 56.3 Å². The maximum atomic E-state index is 14.5. The van der Waals surface area contributed by atoms with Crippen LogP contribution in [0.4, 0.5) is 0 Å². The number of allylic oxidation sites excluding steroid dienone is 7. The largest absolute Gasteiger partial charge is 0.469 e. The summed E-state index contributed by atoms with van der Waals surface area (Å²) in [5, 5.41) is 23.6. The molecular weight excluding hydrogens is 869 g/mol. The van der Waals surface area contributed by atoms with E-state index in [9.17, 15) is 34.2 Å². The summed E-state index contributed by atoms with van der Waals surface area (Å²) in [6.45, 7) is 12.9. The number of ether oxygens (including phenoxy) is 4. The highest BCUT2D eigenvalue weighted by atomic mass is 16.6. The van der Waals surface area contributed by atoms with E-state index in [-0.39, 0.29) is 66.8 Å². The van der Waals surface area contributed by atoms with Crippen LogP contribution < -0.4 is 5.73 Å². The van der Waals surface area contributed by atoms with Crippen molar-refractivity contribution in [1.82, 2.24) is 4.90 Å². The summed E-state index contributed by atoms with van der Waals surface area (Å²) in [6.07, 6.45) is 14.8. The van der Waals surface area contributed by atoms with Gasteiger partial charge in [-0.15, -0.1) is 0 Å². The minimum atomic E-state index is -2.44. The van der Waals surface area contributed by atoms with Gasteiger partial charge in [0.2, 0.25) is 5.79 Å². The van der Waals surface area contributed by atoms with E-state index in [2.05, 4.69) is 0 Å². The number of aliphatic hydroxyl groups is 2. The second-order valence-corrected chi connectivity index (χ2v) is 20.5. The molecule has 15 atom stereocenters. The van der Waals surface area contributed by atoms with Gasteiger partial charge in [-0.3, -0.25) is 19.2 Å². The number of amides is 1. The molecule has 4 aliphatic rings. The lowest BCUT2D eigenvalue weighted by atomic mass is 9.78. The zero-order chi connectivity index (χ0) is 49.9. The fourth-order valence-electron chi connectivity index (χ4n) is 10.8. The normalized spacial score (nSPS) is 39.1. The van der Waals surface area contributed by atoms with Gasteiger partial charge in [-0.25, -0.2) is 4.79 Å². The highest BCUT2D eigenvalue weighted by Gasteiger charge is 2.53. The molecule has 2 bridgehead atoms. The number of Topliss-reactive ketones (excluding diaryl/α,β-unsaturated/α-hetero) is 3. The Labute approximate surface area is 404 Å². The zero-order valence-electron chi connectivity index (χ0n) is 42.0. The van der Waals surface area contributed by atoms with Gasteiger partial charge in [0.15, 0.2) is 5.78 Å². The molecule has 4 heterocycles. The predicted octanol–water partition coefficient (Wildman–Crippen LogP) is 7.51. The van der Waals surface area contributed by atoms with Crippen LogP contribution in [-0.4, -0.2) is 113 Å². The van der Waals surface area contributed by atoms with Crippen molar-refractivity contribution in [2.24, 2.45) is 41.2 Å². The van der Waals surface area contributed by atoms with Crippen LogP contribution in [0, 0.1) is 35.5 Å². The number of furan rings is 1. The van der Waals surface area contributed by atoms with Crippen LogP contribution in [0.3, 0.4) is 0 Å². The number of carbonyl (C=O) groups is 5. The third-order valence-electron chi connectivity index (χ3n) is 15.2. The summed E-state index contributed by atoms with van der Waals surface area (Å²) >= 11 is 0. The molecule has 378 valence electrons. The van der Waals surface area contributed by atoms with Gasteiger partial charge in [0.1, 0.15) is 35.9 Å². The second kappa shape index (κ2) is 25.2. The zero-order valence-corrected chi connectivity index (χ0v) is 42.0. The highest BCUT2D eigenvalue weighted by molar-refractivity contribution is 6.39. The standard InChI is InChI=1S/C54H80N2O12/c1-32-16-11-10-12-17-33(2)41(45-19-15-25-66-45)30-40-22-20-38(7)54(63,68-40)51(60)52(61)56-24-14-13-18-43(56)53(62)67-46(35(4)28-39-21-23-42(55)47(29-39)64-8)31-44(57)34(3)27-37(6)49(59)50(65-9)48(58)36(5)26-32/h10-12,15-17,19,25,27,32,34-36,38-43,46-47,49-50,59,63H,13-14,18,20-24,26,28-31,55H2,1-9H3/b12-10+,16-11+,33-17+,37-27+/t32-,34-,35-,36-,38-,39+,40+,41?,42+,43+,46+,47-,49-,50+,54-/m1/s1. The van der Waals surface area contributed by atoms with E-state index >= 15 is 0 Å². The molecule has 5 rings (SSSR count). The van der Waals surface area contributed by atoms with Gasteiger partial charge in [0.25, 0.3) is 11.7 Å². The highest BCUT2D eigenvalue weighted by Crippen LogP contribution is 2.40. The third kappa shape index (κ3) is 13.8.